The summed E-state index contributed by atoms with van der Waals surface area (Å²) in [6.45, 7) is 2.93. The minimum Gasteiger partial charge on any atom is -0.336 e. The van der Waals surface area contributed by atoms with E-state index in [-0.39, 0.29) is 26.2 Å². The van der Waals surface area contributed by atoms with Crippen LogP contribution < -0.4 is 10.6 Å². The second-order valence-electron chi connectivity index (χ2n) is 8.13. The lowest BCUT2D eigenvalue weighted by molar-refractivity contribution is -0.144. The van der Waals surface area contributed by atoms with Crippen LogP contribution in [0.15, 0.2) is 36.4 Å². The molecule has 2 amide bonds. The van der Waals surface area contributed by atoms with Gasteiger partial charge in [0, 0.05) is 12.0 Å². The van der Waals surface area contributed by atoms with Gasteiger partial charge in [0.2, 0.25) is 5.91 Å². The minimum atomic E-state index is -4.66. The highest BCUT2D eigenvalue weighted by atomic mass is 35.5. The van der Waals surface area contributed by atoms with Crippen LogP contribution >= 0.6 is 34.8 Å². The fourth-order valence-corrected chi connectivity index (χ4v) is 3.91. The van der Waals surface area contributed by atoms with Gasteiger partial charge < -0.3 is 10.6 Å². The van der Waals surface area contributed by atoms with Crippen molar-refractivity contribution in [2.24, 2.45) is 0 Å². The van der Waals surface area contributed by atoms with E-state index in [1.54, 1.807) is 6.92 Å². The van der Waals surface area contributed by atoms with Gasteiger partial charge in [-0.1, -0.05) is 59.1 Å². The maximum absolute atomic E-state index is 13.7. The standard InChI is InChI=1S/C24H21Cl3F6N2O2/c1-12-9-14(4-6-17(24(31,32)33)15-10-18(25)21(27)19(26)11-15)3-5-16(12)22(37)35-13(2)34-20(36)7-8-23(28,29)30/h3-6,9-11,13,17H,7-8H2,1-2H3,(H,34,36)(H,35,37)/b6-4+/t13-,17?/m1/s1. The third-order valence-corrected chi connectivity index (χ3v) is 6.25. The summed E-state index contributed by atoms with van der Waals surface area (Å²) in [5.41, 5.74) is 0.735. The smallest absolute Gasteiger partial charge is 0.336 e. The molecule has 2 atom stereocenters. The van der Waals surface area contributed by atoms with Crippen molar-refractivity contribution in [3.05, 3.63) is 73.7 Å². The first kappa shape index (κ1) is 30.8. The Morgan fingerprint density at radius 3 is 2.08 bits per heavy atom. The Balaban J connectivity index is 2.13. The monoisotopic (exact) mass is 588 g/mol. The number of rotatable bonds is 8. The molecule has 4 nitrogen and oxygen atoms in total. The van der Waals surface area contributed by atoms with Crippen molar-refractivity contribution in [3.8, 4) is 0 Å². The molecule has 0 bridgehead atoms. The Morgan fingerprint density at radius 1 is 0.973 bits per heavy atom. The van der Waals surface area contributed by atoms with Gasteiger partial charge in [0.05, 0.1) is 33.6 Å². The van der Waals surface area contributed by atoms with Gasteiger partial charge >= 0.3 is 12.4 Å². The quantitative estimate of drug-likeness (QED) is 0.187. The molecule has 0 saturated carbocycles. The molecule has 2 N–H and O–H groups in total. The Kier molecular flexibility index (Phi) is 10.3. The molecule has 2 aromatic rings. The average Bonchev–Trinajstić information content (AvgIpc) is 2.74. The van der Waals surface area contributed by atoms with Crippen molar-refractivity contribution in [1.29, 1.82) is 0 Å². The molecule has 0 heterocycles. The first-order valence-electron chi connectivity index (χ1n) is 10.6. The highest BCUT2D eigenvalue weighted by Crippen LogP contribution is 2.41. The number of benzene rings is 2. The number of hydrogen-bond acceptors (Lipinski definition) is 2. The molecule has 0 saturated heterocycles. The Hall–Kier alpha value is -2.43. The summed E-state index contributed by atoms with van der Waals surface area (Å²) < 4.78 is 77.9. The molecule has 0 aliphatic rings. The van der Waals surface area contributed by atoms with Gasteiger partial charge in [-0.05, 0) is 48.7 Å². The maximum Gasteiger partial charge on any atom is 0.399 e. The third kappa shape index (κ3) is 9.43. The summed E-state index contributed by atoms with van der Waals surface area (Å²) in [7, 11) is 0. The first-order valence-corrected chi connectivity index (χ1v) is 11.8. The van der Waals surface area contributed by atoms with Crippen molar-refractivity contribution < 1.29 is 35.9 Å². The molecule has 0 radical (unpaired) electrons. The van der Waals surface area contributed by atoms with Crippen LogP contribution in [0, 0.1) is 6.92 Å². The van der Waals surface area contributed by atoms with Crippen LogP contribution in [-0.2, 0) is 4.79 Å². The summed E-state index contributed by atoms with van der Waals surface area (Å²) in [5, 5.41) is 4.38. The van der Waals surface area contributed by atoms with Gasteiger partial charge in [0.1, 0.15) is 0 Å². The van der Waals surface area contributed by atoms with E-state index >= 15 is 0 Å². The number of amides is 2. The Bertz CT molecular complexity index is 1160. The van der Waals surface area contributed by atoms with Crippen molar-refractivity contribution in [2.75, 3.05) is 0 Å². The van der Waals surface area contributed by atoms with Crippen molar-refractivity contribution in [2.45, 2.75) is 51.1 Å². The first-order chi connectivity index (χ1) is 17.0. The van der Waals surface area contributed by atoms with E-state index in [0.717, 1.165) is 18.2 Å². The lowest BCUT2D eigenvalue weighted by Gasteiger charge is -2.18. The van der Waals surface area contributed by atoms with E-state index in [2.05, 4.69) is 10.6 Å². The Labute approximate surface area is 224 Å². The van der Waals surface area contributed by atoms with Crippen LogP contribution in [0.25, 0.3) is 6.08 Å². The van der Waals surface area contributed by atoms with E-state index in [1.165, 1.54) is 31.2 Å². The molecule has 0 aliphatic carbocycles. The van der Waals surface area contributed by atoms with Gasteiger partial charge in [-0.15, -0.1) is 0 Å². The number of allylic oxidation sites excluding steroid dienone is 1. The van der Waals surface area contributed by atoms with Crippen LogP contribution in [-0.4, -0.2) is 30.3 Å². The Morgan fingerprint density at radius 2 is 1.57 bits per heavy atom. The molecule has 0 fully saturated rings. The fraction of sp³-hybridized carbons (Fsp3) is 0.333. The molecule has 1 unspecified atom stereocenters. The molecule has 0 aromatic heterocycles. The second kappa shape index (κ2) is 12.4. The van der Waals surface area contributed by atoms with E-state index in [1.807, 2.05) is 0 Å². The molecular weight excluding hydrogens is 569 g/mol. The predicted octanol–water partition coefficient (Wildman–Crippen LogP) is 7.85. The number of hydrogen-bond donors (Lipinski definition) is 2. The largest absolute Gasteiger partial charge is 0.399 e. The van der Waals surface area contributed by atoms with Gasteiger partial charge in [-0.2, -0.15) is 26.3 Å². The number of nitrogens with one attached hydrogen (secondary N) is 2. The van der Waals surface area contributed by atoms with E-state index in [0.29, 0.717) is 11.1 Å². The number of aryl methyl sites for hydroxylation is 1. The number of carbonyl (C=O) groups is 2. The normalized spacial score (nSPS) is 13.9. The van der Waals surface area contributed by atoms with Crippen molar-refractivity contribution in [3.63, 3.8) is 0 Å². The van der Waals surface area contributed by atoms with Crippen LogP contribution in [0.4, 0.5) is 26.3 Å². The molecule has 202 valence electrons. The highest BCUT2D eigenvalue weighted by molar-refractivity contribution is 6.48. The van der Waals surface area contributed by atoms with Gasteiger partial charge in [-0.25, -0.2) is 0 Å². The fourth-order valence-electron chi connectivity index (χ4n) is 3.30. The SMILES string of the molecule is Cc1cc(/C=C/C(c2cc(Cl)c(Cl)c(Cl)c2)C(F)(F)F)ccc1C(=O)N[C@H](C)NC(=O)CCC(F)(F)F. The molecular formula is C24H21Cl3F6N2O2. The van der Waals surface area contributed by atoms with Gasteiger partial charge in [0.25, 0.3) is 5.91 Å². The number of halogens is 9. The topological polar surface area (TPSA) is 58.2 Å². The zero-order chi connectivity index (χ0) is 28.1. The minimum absolute atomic E-state index is 0.0586. The zero-order valence-electron chi connectivity index (χ0n) is 19.3. The van der Waals surface area contributed by atoms with Crippen LogP contribution in [0.5, 0.6) is 0 Å². The van der Waals surface area contributed by atoms with Crippen molar-refractivity contribution >= 4 is 52.7 Å². The average molecular weight is 590 g/mol. The summed E-state index contributed by atoms with van der Waals surface area (Å²) in [6, 6.07) is 6.44. The summed E-state index contributed by atoms with van der Waals surface area (Å²) in [6.07, 6.45) is -10.0. The van der Waals surface area contributed by atoms with Gasteiger partial charge in [-0.3, -0.25) is 9.59 Å². The van der Waals surface area contributed by atoms with E-state index < -0.39 is 49.1 Å². The van der Waals surface area contributed by atoms with Crippen LogP contribution in [0.1, 0.15) is 52.7 Å². The molecule has 2 aromatic carbocycles. The molecule has 0 aliphatic heterocycles. The van der Waals surface area contributed by atoms with Crippen LogP contribution in [0.2, 0.25) is 15.1 Å². The van der Waals surface area contributed by atoms with Crippen molar-refractivity contribution in [1.82, 2.24) is 10.6 Å². The zero-order valence-corrected chi connectivity index (χ0v) is 21.6. The number of alkyl halides is 6. The molecule has 37 heavy (non-hydrogen) atoms. The van der Waals surface area contributed by atoms with Crippen LogP contribution in [0.3, 0.4) is 0 Å². The maximum atomic E-state index is 13.7. The lowest BCUT2D eigenvalue weighted by atomic mass is 9.96. The number of carbonyl (C=O) groups excluding carboxylic acids is 2. The summed E-state index contributed by atoms with van der Waals surface area (Å²) >= 11 is 17.6. The second-order valence-corrected chi connectivity index (χ2v) is 9.32. The molecule has 0 spiro atoms. The highest BCUT2D eigenvalue weighted by Gasteiger charge is 2.39. The summed E-state index contributed by atoms with van der Waals surface area (Å²) in [5.74, 6) is -3.55. The summed E-state index contributed by atoms with van der Waals surface area (Å²) in [4.78, 5) is 24.1. The molecule has 2 rings (SSSR count). The lowest BCUT2D eigenvalue weighted by Crippen LogP contribution is -2.46. The predicted molar refractivity (Wildman–Crippen MR) is 131 cm³/mol. The van der Waals surface area contributed by atoms with Gasteiger partial charge in [0.15, 0.2) is 0 Å². The molecule has 13 heteroatoms. The third-order valence-electron chi connectivity index (χ3n) is 5.05. The van der Waals surface area contributed by atoms with E-state index in [9.17, 15) is 35.9 Å². The van der Waals surface area contributed by atoms with E-state index in [4.69, 9.17) is 34.8 Å².